The van der Waals surface area contributed by atoms with Crippen LogP contribution in [0.3, 0.4) is 0 Å². The molecule has 0 aliphatic carbocycles. The Morgan fingerprint density at radius 3 is 2.21 bits per heavy atom. The Balaban J connectivity index is 1.75. The van der Waals surface area contributed by atoms with Crippen molar-refractivity contribution >= 4 is 15.7 Å². The van der Waals surface area contributed by atoms with Gasteiger partial charge in [-0.1, -0.05) is 48.9 Å². The van der Waals surface area contributed by atoms with E-state index in [1.54, 1.807) is 31.2 Å². The molecule has 1 saturated heterocycles. The molecule has 1 aliphatic heterocycles. The molecule has 6 heteroatoms. The molecule has 0 unspecified atom stereocenters. The fourth-order valence-electron chi connectivity index (χ4n) is 3.57. The lowest BCUT2D eigenvalue weighted by atomic mass is 9.73. The Bertz CT molecular complexity index is 912. The second kappa shape index (κ2) is 8.45. The Hall–Kier alpha value is -2.18. The van der Waals surface area contributed by atoms with E-state index in [-0.39, 0.29) is 11.7 Å². The summed E-state index contributed by atoms with van der Waals surface area (Å²) >= 11 is 0. The second-order valence-electron chi connectivity index (χ2n) is 7.29. The Kier molecular flexibility index (Phi) is 6.20. The maximum atomic E-state index is 13.2. The zero-order chi connectivity index (χ0) is 20.2. The number of hydrogen-bond donors (Lipinski definition) is 1. The molecular weight excluding hydrogens is 374 g/mol. The Morgan fingerprint density at radius 2 is 1.64 bits per heavy atom. The lowest BCUT2D eigenvalue weighted by Crippen LogP contribution is -2.47. The number of sulfone groups is 1. The number of hydrogen-bond acceptors (Lipinski definition) is 4. The van der Waals surface area contributed by atoms with Crippen molar-refractivity contribution in [2.75, 3.05) is 19.0 Å². The zero-order valence-electron chi connectivity index (χ0n) is 16.4. The molecule has 2 aromatic carbocycles. The molecule has 0 bridgehead atoms. The van der Waals surface area contributed by atoms with Crippen molar-refractivity contribution in [1.29, 1.82) is 0 Å². The highest BCUT2D eigenvalue weighted by molar-refractivity contribution is 7.91. The van der Waals surface area contributed by atoms with Crippen molar-refractivity contribution < 1.29 is 17.9 Å². The number of rotatable bonds is 6. The third-order valence-corrected chi connectivity index (χ3v) is 7.25. The van der Waals surface area contributed by atoms with E-state index < -0.39 is 15.3 Å². The van der Waals surface area contributed by atoms with Crippen molar-refractivity contribution in [1.82, 2.24) is 5.32 Å². The Labute approximate surface area is 167 Å². The van der Waals surface area contributed by atoms with Gasteiger partial charge in [-0.3, -0.25) is 4.79 Å². The predicted molar refractivity (Wildman–Crippen MR) is 109 cm³/mol. The average Bonchev–Trinajstić information content (AvgIpc) is 2.73. The van der Waals surface area contributed by atoms with Crippen LogP contribution in [0, 0.1) is 6.92 Å². The molecular formula is C22H27NO4S. The van der Waals surface area contributed by atoms with Gasteiger partial charge in [0.1, 0.15) is 0 Å². The van der Waals surface area contributed by atoms with Crippen molar-refractivity contribution in [2.24, 2.45) is 0 Å². The molecule has 0 saturated carbocycles. The summed E-state index contributed by atoms with van der Waals surface area (Å²) in [6.45, 7) is 5.14. The molecule has 0 atom stereocenters. The van der Waals surface area contributed by atoms with Gasteiger partial charge in [0.15, 0.2) is 9.84 Å². The van der Waals surface area contributed by atoms with Crippen molar-refractivity contribution in [3.63, 3.8) is 0 Å². The van der Waals surface area contributed by atoms with E-state index >= 15 is 0 Å². The standard InChI is InChI=1S/C22H27NO4S/c1-3-28(25,26)20-10-6-18(7-11-20)16-23-21(24)22(12-14-27-15-13-22)19-8-4-17(2)5-9-19/h4-11H,3,12-16H2,1-2H3,(H,23,24). The molecule has 5 nitrogen and oxygen atoms in total. The van der Waals surface area contributed by atoms with Crippen LogP contribution in [0.1, 0.15) is 36.5 Å². The molecule has 1 aliphatic rings. The number of aryl methyl sites for hydroxylation is 1. The zero-order valence-corrected chi connectivity index (χ0v) is 17.2. The minimum Gasteiger partial charge on any atom is -0.381 e. The fraction of sp³-hybridized carbons (Fsp3) is 0.409. The Morgan fingerprint density at radius 1 is 1.04 bits per heavy atom. The van der Waals surface area contributed by atoms with Gasteiger partial charge in [0.25, 0.3) is 0 Å². The number of benzene rings is 2. The van der Waals surface area contributed by atoms with Crippen LogP contribution in [0.25, 0.3) is 0 Å². The number of ether oxygens (including phenoxy) is 1. The van der Waals surface area contributed by atoms with Crippen LogP contribution in [-0.2, 0) is 31.3 Å². The van der Waals surface area contributed by atoms with Gasteiger partial charge in [0, 0.05) is 19.8 Å². The minimum atomic E-state index is -3.21. The van der Waals surface area contributed by atoms with Crippen LogP contribution in [0.15, 0.2) is 53.4 Å². The van der Waals surface area contributed by atoms with Crippen LogP contribution < -0.4 is 5.32 Å². The molecule has 1 amide bonds. The highest BCUT2D eigenvalue weighted by Crippen LogP contribution is 2.35. The molecule has 3 rings (SSSR count). The molecule has 0 radical (unpaired) electrons. The summed E-state index contributed by atoms with van der Waals surface area (Å²) in [5, 5.41) is 3.05. The van der Waals surface area contributed by atoms with Gasteiger partial charge in [-0.15, -0.1) is 0 Å². The van der Waals surface area contributed by atoms with Crippen molar-refractivity contribution in [3.8, 4) is 0 Å². The summed E-state index contributed by atoms with van der Waals surface area (Å²) in [5.41, 5.74) is 2.46. The van der Waals surface area contributed by atoms with Crippen molar-refractivity contribution in [3.05, 3.63) is 65.2 Å². The molecule has 1 heterocycles. The number of carbonyl (C=O) groups excluding carboxylic acids is 1. The molecule has 2 aromatic rings. The molecule has 1 fully saturated rings. The summed E-state index contributed by atoms with van der Waals surface area (Å²) < 4.78 is 29.4. The summed E-state index contributed by atoms with van der Waals surface area (Å²) in [6, 6.07) is 14.8. The maximum absolute atomic E-state index is 13.2. The summed E-state index contributed by atoms with van der Waals surface area (Å²) in [7, 11) is -3.21. The fourth-order valence-corrected chi connectivity index (χ4v) is 4.46. The molecule has 0 spiro atoms. The first-order valence-corrected chi connectivity index (χ1v) is 11.3. The third kappa shape index (κ3) is 4.28. The minimum absolute atomic E-state index is 0.00934. The topological polar surface area (TPSA) is 72.5 Å². The molecule has 150 valence electrons. The van der Waals surface area contributed by atoms with E-state index in [0.29, 0.717) is 37.5 Å². The van der Waals surface area contributed by atoms with Crippen LogP contribution in [0.2, 0.25) is 0 Å². The van der Waals surface area contributed by atoms with Gasteiger partial charge in [-0.25, -0.2) is 8.42 Å². The van der Waals surface area contributed by atoms with Gasteiger partial charge in [0.2, 0.25) is 5.91 Å². The van der Waals surface area contributed by atoms with Crippen molar-refractivity contribution in [2.45, 2.75) is 43.5 Å². The highest BCUT2D eigenvalue weighted by atomic mass is 32.2. The van der Waals surface area contributed by atoms with Crippen LogP contribution in [0.4, 0.5) is 0 Å². The van der Waals surface area contributed by atoms with Gasteiger partial charge < -0.3 is 10.1 Å². The smallest absolute Gasteiger partial charge is 0.231 e. The summed E-state index contributed by atoms with van der Waals surface area (Å²) in [5.74, 6) is 0.0643. The van der Waals surface area contributed by atoms with Crippen LogP contribution in [0.5, 0.6) is 0 Å². The molecule has 1 N–H and O–H groups in total. The van der Waals surface area contributed by atoms with Gasteiger partial charge in [-0.2, -0.15) is 0 Å². The van der Waals surface area contributed by atoms with E-state index in [1.807, 2.05) is 31.2 Å². The van der Waals surface area contributed by atoms with Gasteiger partial charge >= 0.3 is 0 Å². The average molecular weight is 402 g/mol. The quantitative estimate of drug-likeness (QED) is 0.807. The van der Waals surface area contributed by atoms with E-state index in [0.717, 1.165) is 16.7 Å². The normalized spacial score (nSPS) is 16.5. The van der Waals surface area contributed by atoms with E-state index in [4.69, 9.17) is 4.74 Å². The lowest BCUT2D eigenvalue weighted by Gasteiger charge is -2.36. The first-order chi connectivity index (χ1) is 13.4. The summed E-state index contributed by atoms with van der Waals surface area (Å²) in [6.07, 6.45) is 1.30. The van der Waals surface area contributed by atoms with E-state index in [1.165, 1.54) is 0 Å². The van der Waals surface area contributed by atoms with Crippen LogP contribution in [-0.4, -0.2) is 33.3 Å². The third-order valence-electron chi connectivity index (χ3n) is 5.50. The monoisotopic (exact) mass is 401 g/mol. The maximum Gasteiger partial charge on any atom is 0.231 e. The number of amides is 1. The first-order valence-electron chi connectivity index (χ1n) is 9.62. The molecule has 28 heavy (non-hydrogen) atoms. The lowest BCUT2D eigenvalue weighted by molar-refractivity contribution is -0.130. The van der Waals surface area contributed by atoms with E-state index in [2.05, 4.69) is 5.32 Å². The first kappa shape index (κ1) is 20.6. The summed E-state index contributed by atoms with van der Waals surface area (Å²) in [4.78, 5) is 13.5. The largest absolute Gasteiger partial charge is 0.381 e. The SMILES string of the molecule is CCS(=O)(=O)c1ccc(CNC(=O)C2(c3ccc(C)cc3)CCOCC2)cc1. The predicted octanol–water partition coefficient (Wildman–Crippen LogP) is 3.15. The number of nitrogens with one attached hydrogen (secondary N) is 1. The van der Waals surface area contributed by atoms with Gasteiger partial charge in [-0.05, 0) is 43.0 Å². The molecule has 0 aromatic heterocycles. The highest BCUT2D eigenvalue weighted by Gasteiger charge is 2.41. The van der Waals surface area contributed by atoms with Crippen LogP contribution >= 0.6 is 0 Å². The van der Waals surface area contributed by atoms with E-state index in [9.17, 15) is 13.2 Å². The number of carbonyl (C=O) groups is 1. The second-order valence-corrected chi connectivity index (χ2v) is 9.57. The van der Waals surface area contributed by atoms with Gasteiger partial charge in [0.05, 0.1) is 16.1 Å².